The highest BCUT2D eigenvalue weighted by molar-refractivity contribution is 6.21. The number of aryl methyl sites for hydroxylation is 2. The van der Waals surface area contributed by atoms with Crippen LogP contribution in [0.2, 0.25) is 0 Å². The fourth-order valence-corrected chi connectivity index (χ4v) is 2.49. The molecule has 1 aromatic carbocycles. The number of halogens is 1. The molecule has 0 saturated heterocycles. The average Bonchev–Trinajstić information content (AvgIpc) is 2.93. The Morgan fingerprint density at radius 1 is 1.27 bits per heavy atom. The van der Waals surface area contributed by atoms with E-state index in [1.54, 1.807) is 0 Å². The van der Waals surface area contributed by atoms with Gasteiger partial charge in [0.15, 0.2) is 0 Å². The number of rotatable bonds is 3. The van der Waals surface area contributed by atoms with Gasteiger partial charge in [0.1, 0.15) is 0 Å². The van der Waals surface area contributed by atoms with Crippen LogP contribution in [0, 0.1) is 19.3 Å². The third kappa shape index (κ3) is 2.20. The lowest BCUT2D eigenvalue weighted by Crippen LogP contribution is -2.15. The minimum absolute atomic E-state index is 0.305. The fourth-order valence-electron chi connectivity index (χ4n) is 2.20. The van der Waals surface area contributed by atoms with Gasteiger partial charge in [-0.1, -0.05) is 18.2 Å². The van der Waals surface area contributed by atoms with Gasteiger partial charge in [0.25, 0.3) is 0 Å². The summed E-state index contributed by atoms with van der Waals surface area (Å²) >= 11 is 6.25. The third-order valence-electron chi connectivity index (χ3n) is 3.86. The number of hydrogen-bond acceptors (Lipinski definition) is 0. The Morgan fingerprint density at radius 2 is 1.93 bits per heavy atom. The van der Waals surface area contributed by atoms with E-state index >= 15 is 0 Å². The van der Waals surface area contributed by atoms with Gasteiger partial charge >= 0.3 is 0 Å². The average molecular weight is 223 g/mol. The van der Waals surface area contributed by atoms with E-state index in [0.29, 0.717) is 10.8 Å². The number of benzene rings is 1. The van der Waals surface area contributed by atoms with Gasteiger partial charge in [0, 0.05) is 5.38 Å². The van der Waals surface area contributed by atoms with Crippen LogP contribution >= 0.6 is 11.6 Å². The van der Waals surface area contributed by atoms with Crippen LogP contribution < -0.4 is 0 Å². The SMILES string of the molecule is Cc1ccc(CC2(C(C)Cl)CC2)cc1C. The lowest BCUT2D eigenvalue weighted by atomic mass is 9.92. The molecule has 0 aromatic heterocycles. The van der Waals surface area contributed by atoms with Gasteiger partial charge in [-0.05, 0) is 62.1 Å². The molecule has 0 spiro atoms. The van der Waals surface area contributed by atoms with Crippen molar-refractivity contribution < 1.29 is 0 Å². The highest BCUT2D eigenvalue weighted by Crippen LogP contribution is 2.53. The lowest BCUT2D eigenvalue weighted by molar-refractivity contribution is 0.496. The maximum atomic E-state index is 6.25. The first kappa shape index (κ1) is 11.0. The van der Waals surface area contributed by atoms with Crippen LogP contribution in [0.15, 0.2) is 18.2 Å². The summed E-state index contributed by atoms with van der Waals surface area (Å²) in [6.45, 7) is 6.48. The Balaban J connectivity index is 2.15. The topological polar surface area (TPSA) is 0 Å². The molecular formula is C14H19Cl. The molecule has 0 radical (unpaired) electrons. The molecular weight excluding hydrogens is 204 g/mol. The maximum absolute atomic E-state index is 6.25. The van der Waals surface area contributed by atoms with Crippen LogP contribution in [-0.2, 0) is 6.42 Å². The summed E-state index contributed by atoms with van der Waals surface area (Å²) in [5.41, 5.74) is 4.62. The second kappa shape index (κ2) is 3.83. The Labute approximate surface area is 97.6 Å². The minimum atomic E-state index is 0.305. The smallest absolute Gasteiger partial charge is 0.0367 e. The summed E-state index contributed by atoms with van der Waals surface area (Å²) in [5, 5.41) is 0.305. The summed E-state index contributed by atoms with van der Waals surface area (Å²) in [7, 11) is 0. The van der Waals surface area contributed by atoms with E-state index in [9.17, 15) is 0 Å². The van der Waals surface area contributed by atoms with Crippen molar-refractivity contribution in [2.24, 2.45) is 5.41 Å². The van der Waals surface area contributed by atoms with E-state index in [0.717, 1.165) is 6.42 Å². The van der Waals surface area contributed by atoms with Crippen LogP contribution in [-0.4, -0.2) is 5.38 Å². The molecule has 1 aliphatic carbocycles. The molecule has 0 heterocycles. The quantitative estimate of drug-likeness (QED) is 0.671. The van der Waals surface area contributed by atoms with Crippen LogP contribution in [0.25, 0.3) is 0 Å². The van der Waals surface area contributed by atoms with E-state index in [2.05, 4.69) is 39.0 Å². The summed E-state index contributed by atoms with van der Waals surface area (Å²) in [5.74, 6) is 0. The predicted octanol–water partition coefficient (Wildman–Crippen LogP) is 4.25. The molecule has 1 atom stereocenters. The normalized spacial score (nSPS) is 20.0. The van der Waals surface area contributed by atoms with E-state index in [1.807, 2.05) is 0 Å². The molecule has 1 aliphatic rings. The van der Waals surface area contributed by atoms with E-state index in [4.69, 9.17) is 11.6 Å². The third-order valence-corrected chi connectivity index (χ3v) is 4.33. The zero-order valence-electron chi connectivity index (χ0n) is 9.81. The Kier molecular flexibility index (Phi) is 2.81. The fraction of sp³-hybridized carbons (Fsp3) is 0.571. The van der Waals surface area contributed by atoms with Gasteiger partial charge in [0.2, 0.25) is 0 Å². The second-order valence-corrected chi connectivity index (χ2v) is 5.73. The summed E-state index contributed by atoms with van der Waals surface area (Å²) in [4.78, 5) is 0. The number of alkyl halides is 1. The molecule has 1 heteroatoms. The van der Waals surface area contributed by atoms with Gasteiger partial charge in [-0.25, -0.2) is 0 Å². The Bertz CT molecular complexity index is 362. The first-order chi connectivity index (χ1) is 7.03. The molecule has 15 heavy (non-hydrogen) atoms. The molecule has 0 aliphatic heterocycles. The van der Waals surface area contributed by atoms with Crippen molar-refractivity contribution in [1.29, 1.82) is 0 Å². The van der Waals surface area contributed by atoms with Crippen molar-refractivity contribution in [3.05, 3.63) is 34.9 Å². The van der Waals surface area contributed by atoms with Gasteiger partial charge in [0.05, 0.1) is 0 Å². The lowest BCUT2D eigenvalue weighted by Gasteiger charge is -2.18. The molecule has 1 aromatic rings. The van der Waals surface area contributed by atoms with Crippen molar-refractivity contribution in [2.45, 2.75) is 45.4 Å². The van der Waals surface area contributed by atoms with Crippen molar-refractivity contribution >= 4 is 11.6 Å². The summed E-state index contributed by atoms with van der Waals surface area (Å²) in [6.07, 6.45) is 3.74. The van der Waals surface area contributed by atoms with Crippen molar-refractivity contribution in [3.8, 4) is 0 Å². The molecule has 1 unspecified atom stereocenters. The first-order valence-electron chi connectivity index (χ1n) is 5.74. The second-order valence-electron chi connectivity index (χ2n) is 5.07. The zero-order chi connectivity index (χ0) is 11.1. The van der Waals surface area contributed by atoms with E-state index in [1.165, 1.54) is 29.5 Å². The molecule has 82 valence electrons. The minimum Gasteiger partial charge on any atom is -0.123 e. The van der Waals surface area contributed by atoms with E-state index in [-0.39, 0.29) is 0 Å². The Morgan fingerprint density at radius 3 is 2.40 bits per heavy atom. The van der Waals surface area contributed by atoms with Crippen LogP contribution in [0.4, 0.5) is 0 Å². The number of hydrogen-bond donors (Lipinski definition) is 0. The zero-order valence-corrected chi connectivity index (χ0v) is 10.6. The molecule has 0 amide bonds. The molecule has 1 saturated carbocycles. The van der Waals surface area contributed by atoms with E-state index < -0.39 is 0 Å². The van der Waals surface area contributed by atoms with Gasteiger partial charge in [-0.15, -0.1) is 11.6 Å². The molecule has 2 rings (SSSR count). The van der Waals surface area contributed by atoms with Crippen LogP contribution in [0.1, 0.15) is 36.5 Å². The molecule has 1 fully saturated rings. The van der Waals surface area contributed by atoms with Crippen molar-refractivity contribution in [2.75, 3.05) is 0 Å². The molecule has 0 bridgehead atoms. The standard InChI is InChI=1S/C14H19Cl/c1-10-4-5-13(8-11(10)2)9-14(6-7-14)12(3)15/h4-5,8,12H,6-7,9H2,1-3H3. The molecule has 0 N–H and O–H groups in total. The van der Waals surface area contributed by atoms with Crippen molar-refractivity contribution in [1.82, 2.24) is 0 Å². The predicted molar refractivity (Wildman–Crippen MR) is 66.6 cm³/mol. The molecule has 0 nitrogen and oxygen atoms in total. The summed E-state index contributed by atoms with van der Waals surface area (Å²) < 4.78 is 0. The van der Waals surface area contributed by atoms with Gasteiger partial charge in [-0.3, -0.25) is 0 Å². The maximum Gasteiger partial charge on any atom is 0.0367 e. The highest BCUT2D eigenvalue weighted by Gasteiger charge is 2.46. The van der Waals surface area contributed by atoms with Crippen molar-refractivity contribution in [3.63, 3.8) is 0 Å². The Hall–Kier alpha value is -0.490. The van der Waals surface area contributed by atoms with Crippen LogP contribution in [0.5, 0.6) is 0 Å². The van der Waals surface area contributed by atoms with Gasteiger partial charge in [-0.2, -0.15) is 0 Å². The first-order valence-corrected chi connectivity index (χ1v) is 6.17. The van der Waals surface area contributed by atoms with Gasteiger partial charge < -0.3 is 0 Å². The highest BCUT2D eigenvalue weighted by atomic mass is 35.5. The monoisotopic (exact) mass is 222 g/mol. The summed E-state index contributed by atoms with van der Waals surface area (Å²) in [6, 6.07) is 6.79. The van der Waals surface area contributed by atoms with Crippen LogP contribution in [0.3, 0.4) is 0 Å². The largest absolute Gasteiger partial charge is 0.123 e.